The maximum Gasteiger partial charge on any atom is 0.319 e. The van der Waals surface area contributed by atoms with Gasteiger partial charge in [0.05, 0.1) is 5.56 Å². The minimum atomic E-state index is -0.408. The van der Waals surface area contributed by atoms with E-state index < -0.39 is 11.8 Å². The monoisotopic (exact) mass is 406 g/mol. The van der Waals surface area contributed by atoms with Crippen molar-refractivity contribution in [2.24, 2.45) is 5.92 Å². The molecule has 2 aromatic rings. The highest BCUT2D eigenvalue weighted by atomic mass is 35.5. The van der Waals surface area contributed by atoms with Crippen LogP contribution in [0.25, 0.3) is 0 Å². The average Bonchev–Trinajstić information content (AvgIpc) is 2.66. The molecule has 3 amide bonds. The second-order valence-corrected chi connectivity index (χ2v) is 6.69. The number of halogens is 2. The first kappa shape index (κ1) is 21.5. The van der Waals surface area contributed by atoms with Crippen molar-refractivity contribution in [3.63, 3.8) is 0 Å². The molecule has 8 heteroatoms. The Bertz CT molecular complexity index is 833. The maximum absolute atomic E-state index is 13.2. The van der Waals surface area contributed by atoms with Crippen molar-refractivity contribution in [1.29, 1.82) is 0 Å². The van der Waals surface area contributed by atoms with Gasteiger partial charge in [0.1, 0.15) is 5.82 Å². The molecule has 0 saturated carbocycles. The number of nitrogens with one attached hydrogen (secondary N) is 2. The van der Waals surface area contributed by atoms with E-state index in [1.54, 1.807) is 35.2 Å². The number of hydrogen-bond acceptors (Lipinski definition) is 3. The number of nitrogen functional groups attached to an aromatic ring is 1. The van der Waals surface area contributed by atoms with Crippen LogP contribution in [0, 0.1) is 11.7 Å². The predicted molar refractivity (Wildman–Crippen MR) is 110 cm³/mol. The molecule has 1 aliphatic heterocycles. The molecule has 1 heterocycles. The largest absolute Gasteiger partial charge is 0.398 e. The van der Waals surface area contributed by atoms with Gasteiger partial charge >= 0.3 is 6.03 Å². The van der Waals surface area contributed by atoms with Gasteiger partial charge < -0.3 is 21.3 Å². The molecule has 6 nitrogen and oxygen atoms in total. The molecule has 28 heavy (non-hydrogen) atoms. The van der Waals surface area contributed by atoms with Gasteiger partial charge in [-0.1, -0.05) is 18.2 Å². The number of benzene rings is 2. The van der Waals surface area contributed by atoms with E-state index in [2.05, 4.69) is 10.6 Å². The number of carbonyl (C=O) groups excluding carboxylic acids is 2. The van der Waals surface area contributed by atoms with Crippen LogP contribution in [0.2, 0.25) is 0 Å². The van der Waals surface area contributed by atoms with Crippen LogP contribution in [0.1, 0.15) is 23.2 Å². The molecule has 0 aromatic heterocycles. The van der Waals surface area contributed by atoms with Crippen LogP contribution in [0.5, 0.6) is 0 Å². The Labute approximate surface area is 169 Å². The summed E-state index contributed by atoms with van der Waals surface area (Å²) in [6.45, 7) is 1.68. The van der Waals surface area contributed by atoms with Crippen LogP contribution < -0.4 is 16.4 Å². The molecule has 3 rings (SSSR count). The summed E-state index contributed by atoms with van der Waals surface area (Å²) in [7, 11) is 0. The highest BCUT2D eigenvalue weighted by Crippen LogP contribution is 2.20. The summed E-state index contributed by atoms with van der Waals surface area (Å²) in [5, 5.41) is 5.40. The van der Waals surface area contributed by atoms with E-state index in [0.717, 1.165) is 12.8 Å². The molecule has 1 atom stereocenters. The Morgan fingerprint density at radius 1 is 1.18 bits per heavy atom. The number of hydrogen-bond donors (Lipinski definition) is 3. The molecule has 1 fully saturated rings. The van der Waals surface area contributed by atoms with Crippen LogP contribution in [-0.2, 0) is 0 Å². The smallest absolute Gasteiger partial charge is 0.319 e. The van der Waals surface area contributed by atoms with Gasteiger partial charge in [-0.05, 0) is 49.1 Å². The Morgan fingerprint density at radius 3 is 2.71 bits per heavy atom. The van der Waals surface area contributed by atoms with Crippen LogP contribution in [0.15, 0.2) is 48.5 Å². The number of piperidine rings is 1. The third kappa shape index (κ3) is 5.60. The number of para-hydroxylation sites is 1. The molecule has 0 spiro atoms. The number of anilines is 2. The Morgan fingerprint density at radius 2 is 1.96 bits per heavy atom. The van der Waals surface area contributed by atoms with E-state index in [4.69, 9.17) is 5.73 Å². The van der Waals surface area contributed by atoms with Crippen LogP contribution >= 0.6 is 12.4 Å². The number of carbonyl (C=O) groups is 2. The van der Waals surface area contributed by atoms with Crippen LogP contribution in [-0.4, -0.2) is 36.5 Å². The third-order valence-electron chi connectivity index (χ3n) is 4.63. The van der Waals surface area contributed by atoms with Crippen molar-refractivity contribution in [3.05, 3.63) is 59.9 Å². The standard InChI is InChI=1S/C20H23FN4O2.ClH/c21-15-6-3-7-16(11-15)24-20(27)23-12-14-5-4-10-25(13-14)19(26)17-8-1-2-9-18(17)22;/h1-3,6-9,11,14H,4-5,10,12-13,22H2,(H2,23,24,27);1H. The number of amides is 3. The average molecular weight is 407 g/mol. The van der Waals surface area contributed by atoms with E-state index in [1.807, 2.05) is 0 Å². The van der Waals surface area contributed by atoms with E-state index in [1.165, 1.54) is 18.2 Å². The lowest BCUT2D eigenvalue weighted by Crippen LogP contribution is -2.44. The van der Waals surface area contributed by atoms with Crippen molar-refractivity contribution in [2.75, 3.05) is 30.7 Å². The number of nitrogens with two attached hydrogens (primary N) is 1. The van der Waals surface area contributed by atoms with Crippen LogP contribution in [0.3, 0.4) is 0 Å². The molecular weight excluding hydrogens is 383 g/mol. The fourth-order valence-corrected chi connectivity index (χ4v) is 3.26. The lowest BCUT2D eigenvalue weighted by atomic mass is 9.97. The van der Waals surface area contributed by atoms with Crippen molar-refractivity contribution >= 4 is 35.7 Å². The summed E-state index contributed by atoms with van der Waals surface area (Å²) in [4.78, 5) is 26.5. The third-order valence-corrected chi connectivity index (χ3v) is 4.63. The summed E-state index contributed by atoms with van der Waals surface area (Å²) in [5.74, 6) is -0.331. The Balaban J connectivity index is 0.00000280. The van der Waals surface area contributed by atoms with E-state index in [-0.39, 0.29) is 24.2 Å². The summed E-state index contributed by atoms with van der Waals surface area (Å²) >= 11 is 0. The predicted octanol–water partition coefficient (Wildman–Crippen LogP) is 3.50. The molecule has 2 aromatic carbocycles. The maximum atomic E-state index is 13.2. The van der Waals surface area contributed by atoms with Gasteiger partial charge in [0.25, 0.3) is 5.91 Å². The molecule has 1 unspecified atom stereocenters. The fourth-order valence-electron chi connectivity index (χ4n) is 3.26. The van der Waals surface area contributed by atoms with Crippen molar-refractivity contribution in [1.82, 2.24) is 10.2 Å². The number of likely N-dealkylation sites (tertiary alicyclic amines) is 1. The van der Waals surface area contributed by atoms with Crippen LogP contribution in [0.4, 0.5) is 20.6 Å². The molecule has 150 valence electrons. The second kappa shape index (κ2) is 9.94. The van der Waals surface area contributed by atoms with Gasteiger partial charge in [0, 0.05) is 31.0 Å². The van der Waals surface area contributed by atoms with Gasteiger partial charge in [-0.15, -0.1) is 12.4 Å². The first-order valence-electron chi connectivity index (χ1n) is 8.97. The van der Waals surface area contributed by atoms with E-state index >= 15 is 0 Å². The van der Waals surface area contributed by atoms with Gasteiger partial charge in [0.15, 0.2) is 0 Å². The SMILES string of the molecule is Cl.Nc1ccccc1C(=O)N1CCCC(CNC(=O)Nc2cccc(F)c2)C1. The summed E-state index contributed by atoms with van der Waals surface area (Å²) < 4.78 is 13.2. The van der Waals surface area contributed by atoms with Crippen molar-refractivity contribution in [2.45, 2.75) is 12.8 Å². The van der Waals surface area contributed by atoms with Gasteiger partial charge in [-0.25, -0.2) is 9.18 Å². The van der Waals surface area contributed by atoms with Gasteiger partial charge in [-0.2, -0.15) is 0 Å². The first-order chi connectivity index (χ1) is 13.0. The van der Waals surface area contributed by atoms with Gasteiger partial charge in [-0.3, -0.25) is 4.79 Å². The molecule has 4 N–H and O–H groups in total. The molecule has 0 bridgehead atoms. The van der Waals surface area contributed by atoms with E-state index in [9.17, 15) is 14.0 Å². The highest BCUT2D eigenvalue weighted by molar-refractivity contribution is 5.99. The highest BCUT2D eigenvalue weighted by Gasteiger charge is 2.25. The second-order valence-electron chi connectivity index (χ2n) is 6.69. The normalized spacial score (nSPS) is 16.0. The molecular formula is C20H24ClFN4O2. The zero-order valence-corrected chi connectivity index (χ0v) is 16.2. The van der Waals surface area contributed by atoms with E-state index in [0.29, 0.717) is 36.6 Å². The summed E-state index contributed by atoms with van der Waals surface area (Å²) in [6.07, 6.45) is 1.80. The Kier molecular flexibility index (Phi) is 7.63. The number of nitrogens with zero attached hydrogens (tertiary/aromatic N) is 1. The minimum Gasteiger partial charge on any atom is -0.398 e. The summed E-state index contributed by atoms with van der Waals surface area (Å²) in [6, 6.07) is 12.4. The number of urea groups is 1. The topological polar surface area (TPSA) is 87.5 Å². The molecule has 0 aliphatic carbocycles. The van der Waals surface area contributed by atoms with Crippen molar-refractivity contribution < 1.29 is 14.0 Å². The fraction of sp³-hybridized carbons (Fsp3) is 0.300. The zero-order chi connectivity index (χ0) is 19.2. The molecule has 1 aliphatic rings. The van der Waals surface area contributed by atoms with Crippen molar-refractivity contribution in [3.8, 4) is 0 Å². The minimum absolute atomic E-state index is 0. The molecule has 0 radical (unpaired) electrons. The summed E-state index contributed by atoms with van der Waals surface area (Å²) in [5.41, 5.74) is 7.28. The zero-order valence-electron chi connectivity index (χ0n) is 15.4. The first-order valence-corrected chi connectivity index (χ1v) is 8.97. The quantitative estimate of drug-likeness (QED) is 0.679. The van der Waals surface area contributed by atoms with Gasteiger partial charge in [0.2, 0.25) is 0 Å². The lowest BCUT2D eigenvalue weighted by molar-refractivity contribution is 0.0676. The molecule has 1 saturated heterocycles. The lowest BCUT2D eigenvalue weighted by Gasteiger charge is -2.33. The Hall–Kier alpha value is -2.80. The number of rotatable bonds is 4.